The molecular weight excluding hydrogens is 112 g/mol. The van der Waals surface area contributed by atoms with Crippen LogP contribution in [0.1, 0.15) is 27.7 Å². The molecule has 0 atom stereocenters. The summed E-state index contributed by atoms with van der Waals surface area (Å²) in [7, 11) is 0. The highest BCUT2D eigenvalue weighted by Crippen LogP contribution is 2.23. The first-order valence-corrected chi connectivity index (χ1v) is 3.06. The molecule has 0 aliphatic carbocycles. The minimum Gasteiger partial charge on any atom is -0.295 e. The Labute approximate surface area is 56.8 Å². The second-order valence-corrected chi connectivity index (χ2v) is 3.28. The van der Waals surface area contributed by atoms with Crippen molar-refractivity contribution < 1.29 is 4.79 Å². The summed E-state index contributed by atoms with van der Waals surface area (Å²) in [5.41, 5.74) is 0.633. The molecule has 0 spiro atoms. The van der Waals surface area contributed by atoms with E-state index >= 15 is 0 Å². The maximum Gasteiger partial charge on any atom is 0.155 e. The Kier molecular flexibility index (Phi) is 2.19. The van der Waals surface area contributed by atoms with E-state index in [4.69, 9.17) is 0 Å². The minimum atomic E-state index is -0.0637. The molecule has 1 heteroatoms. The highest BCUT2D eigenvalue weighted by Gasteiger charge is 2.17. The van der Waals surface area contributed by atoms with Crippen LogP contribution in [0.15, 0.2) is 12.2 Å². The Morgan fingerprint density at radius 3 is 1.67 bits per heavy atom. The quantitative estimate of drug-likeness (QED) is 0.492. The van der Waals surface area contributed by atoms with Gasteiger partial charge in [-0.05, 0) is 17.9 Å². The van der Waals surface area contributed by atoms with Gasteiger partial charge in [-0.1, -0.05) is 27.4 Å². The monoisotopic (exact) mass is 126 g/mol. The fraction of sp³-hybridized carbons (Fsp3) is 0.625. The first-order chi connectivity index (χ1) is 3.85. The molecule has 0 bridgehead atoms. The Morgan fingerprint density at radius 2 is 1.67 bits per heavy atom. The molecule has 0 aliphatic heterocycles. The topological polar surface area (TPSA) is 17.1 Å². The van der Waals surface area contributed by atoms with Crippen LogP contribution in [0.5, 0.6) is 0 Å². The molecule has 0 saturated heterocycles. The first-order valence-electron chi connectivity index (χ1n) is 3.06. The van der Waals surface area contributed by atoms with E-state index < -0.39 is 0 Å². The van der Waals surface area contributed by atoms with Crippen molar-refractivity contribution in [3.63, 3.8) is 0 Å². The standard InChI is InChI=1S/C8H14O/c1-6(7(2)9)8(3,4)5/h1H2,2-5H3. The summed E-state index contributed by atoms with van der Waals surface area (Å²) in [5.74, 6) is 0.0856. The lowest BCUT2D eigenvalue weighted by molar-refractivity contribution is -0.114. The number of rotatable bonds is 1. The van der Waals surface area contributed by atoms with Gasteiger partial charge < -0.3 is 0 Å². The summed E-state index contributed by atoms with van der Waals surface area (Å²) in [4.78, 5) is 10.7. The smallest absolute Gasteiger partial charge is 0.155 e. The maximum absolute atomic E-state index is 10.7. The molecule has 1 nitrogen and oxygen atoms in total. The van der Waals surface area contributed by atoms with Crippen LogP contribution in [-0.2, 0) is 4.79 Å². The zero-order chi connectivity index (χ0) is 7.65. The van der Waals surface area contributed by atoms with Crippen LogP contribution in [0.4, 0.5) is 0 Å². The van der Waals surface area contributed by atoms with E-state index in [0.29, 0.717) is 5.57 Å². The molecule has 9 heavy (non-hydrogen) atoms. The summed E-state index contributed by atoms with van der Waals surface area (Å²) >= 11 is 0. The van der Waals surface area contributed by atoms with Crippen molar-refractivity contribution in [2.75, 3.05) is 0 Å². The van der Waals surface area contributed by atoms with Crippen molar-refractivity contribution in [2.24, 2.45) is 5.41 Å². The number of carbonyl (C=O) groups is 1. The van der Waals surface area contributed by atoms with Crippen LogP contribution < -0.4 is 0 Å². The summed E-state index contributed by atoms with van der Waals surface area (Å²) in [6, 6.07) is 0. The molecule has 0 aromatic heterocycles. The van der Waals surface area contributed by atoms with Gasteiger partial charge in [0.15, 0.2) is 5.78 Å². The van der Waals surface area contributed by atoms with Crippen molar-refractivity contribution in [2.45, 2.75) is 27.7 Å². The van der Waals surface area contributed by atoms with Gasteiger partial charge in [0.1, 0.15) is 0 Å². The lowest BCUT2D eigenvalue weighted by Crippen LogP contribution is -2.14. The highest BCUT2D eigenvalue weighted by molar-refractivity contribution is 5.93. The predicted octanol–water partition coefficient (Wildman–Crippen LogP) is 2.18. The Bertz CT molecular complexity index is 137. The molecule has 0 aromatic carbocycles. The molecule has 0 amide bonds. The summed E-state index contributed by atoms with van der Waals surface area (Å²) in [6.07, 6.45) is 0. The molecule has 0 aromatic rings. The number of Topliss-reactive ketones (excluding diaryl/α,β-unsaturated/α-hetero) is 1. The summed E-state index contributed by atoms with van der Waals surface area (Å²) in [5, 5.41) is 0. The third-order valence-electron chi connectivity index (χ3n) is 1.33. The lowest BCUT2D eigenvalue weighted by atomic mass is 9.86. The lowest BCUT2D eigenvalue weighted by Gasteiger charge is -2.18. The van der Waals surface area contributed by atoms with Crippen molar-refractivity contribution in [3.05, 3.63) is 12.2 Å². The predicted molar refractivity (Wildman–Crippen MR) is 39.3 cm³/mol. The fourth-order valence-electron chi connectivity index (χ4n) is 0.528. The molecule has 0 radical (unpaired) electrons. The van der Waals surface area contributed by atoms with Gasteiger partial charge in [-0.25, -0.2) is 0 Å². The fourth-order valence-corrected chi connectivity index (χ4v) is 0.528. The molecule has 0 saturated carbocycles. The third kappa shape index (κ3) is 2.45. The number of allylic oxidation sites excluding steroid dienone is 1. The average molecular weight is 126 g/mol. The van der Waals surface area contributed by atoms with E-state index in [1.54, 1.807) is 6.92 Å². The highest BCUT2D eigenvalue weighted by atomic mass is 16.1. The normalized spacial score (nSPS) is 11.1. The third-order valence-corrected chi connectivity index (χ3v) is 1.33. The zero-order valence-corrected chi connectivity index (χ0v) is 6.62. The molecular formula is C8H14O. The Hall–Kier alpha value is -0.590. The van der Waals surface area contributed by atoms with Gasteiger partial charge in [0.2, 0.25) is 0 Å². The number of carbonyl (C=O) groups excluding carboxylic acids is 1. The van der Waals surface area contributed by atoms with Crippen LogP contribution in [0.3, 0.4) is 0 Å². The minimum absolute atomic E-state index is 0.0637. The van der Waals surface area contributed by atoms with Crippen LogP contribution in [0.2, 0.25) is 0 Å². The molecule has 0 fully saturated rings. The Balaban J connectivity index is 4.23. The second kappa shape index (κ2) is 2.34. The Morgan fingerprint density at radius 1 is 1.33 bits per heavy atom. The molecule has 0 aliphatic rings. The summed E-state index contributed by atoms with van der Waals surface area (Å²) in [6.45, 7) is 11.2. The van der Waals surface area contributed by atoms with Crippen LogP contribution in [0.25, 0.3) is 0 Å². The largest absolute Gasteiger partial charge is 0.295 e. The van der Waals surface area contributed by atoms with E-state index in [2.05, 4.69) is 6.58 Å². The van der Waals surface area contributed by atoms with Crippen molar-refractivity contribution in [3.8, 4) is 0 Å². The van der Waals surface area contributed by atoms with Gasteiger partial charge in [0.25, 0.3) is 0 Å². The molecule has 0 N–H and O–H groups in total. The first kappa shape index (κ1) is 8.41. The van der Waals surface area contributed by atoms with Crippen LogP contribution in [-0.4, -0.2) is 5.78 Å². The van der Waals surface area contributed by atoms with Gasteiger partial charge in [-0.15, -0.1) is 0 Å². The van der Waals surface area contributed by atoms with Crippen LogP contribution in [0, 0.1) is 5.41 Å². The molecule has 52 valence electrons. The molecule has 0 rings (SSSR count). The number of hydrogen-bond acceptors (Lipinski definition) is 1. The van der Waals surface area contributed by atoms with E-state index in [1.807, 2.05) is 20.8 Å². The zero-order valence-electron chi connectivity index (χ0n) is 6.62. The number of ketones is 1. The van der Waals surface area contributed by atoms with Gasteiger partial charge in [0.05, 0.1) is 0 Å². The second-order valence-electron chi connectivity index (χ2n) is 3.28. The van der Waals surface area contributed by atoms with E-state index in [9.17, 15) is 4.79 Å². The van der Waals surface area contributed by atoms with Gasteiger partial charge in [-0.3, -0.25) is 4.79 Å². The van der Waals surface area contributed by atoms with Gasteiger partial charge >= 0.3 is 0 Å². The SMILES string of the molecule is C=C(C(C)=O)C(C)(C)C. The van der Waals surface area contributed by atoms with Gasteiger partial charge in [0, 0.05) is 0 Å². The van der Waals surface area contributed by atoms with Crippen molar-refractivity contribution >= 4 is 5.78 Å². The number of hydrogen-bond donors (Lipinski definition) is 0. The van der Waals surface area contributed by atoms with Gasteiger partial charge in [-0.2, -0.15) is 0 Å². The molecule has 0 unspecified atom stereocenters. The molecule has 0 heterocycles. The van der Waals surface area contributed by atoms with E-state index in [1.165, 1.54) is 0 Å². The average Bonchev–Trinajstić information content (AvgIpc) is 1.62. The maximum atomic E-state index is 10.7. The van der Waals surface area contributed by atoms with Crippen LogP contribution >= 0.6 is 0 Å². The van der Waals surface area contributed by atoms with Crippen molar-refractivity contribution in [1.82, 2.24) is 0 Å². The van der Waals surface area contributed by atoms with Crippen molar-refractivity contribution in [1.29, 1.82) is 0 Å². The van der Waals surface area contributed by atoms with E-state index in [0.717, 1.165) is 0 Å². The van der Waals surface area contributed by atoms with E-state index in [-0.39, 0.29) is 11.2 Å². The summed E-state index contributed by atoms with van der Waals surface area (Å²) < 4.78 is 0.